The third-order valence-corrected chi connectivity index (χ3v) is 6.08. The Morgan fingerprint density at radius 2 is 2.10 bits per heavy atom. The van der Waals surface area contributed by atoms with E-state index in [4.69, 9.17) is 0 Å². The highest BCUT2D eigenvalue weighted by Crippen LogP contribution is 2.60. The Balaban J connectivity index is 1.57. The van der Waals surface area contributed by atoms with Crippen LogP contribution in [0.15, 0.2) is 24.3 Å². The van der Waals surface area contributed by atoms with Gasteiger partial charge in [-0.3, -0.25) is 4.79 Å². The fraction of sp³-hybridized carbons (Fsp3) is 0.500. The lowest BCUT2D eigenvalue weighted by Gasteiger charge is -2.20. The van der Waals surface area contributed by atoms with Gasteiger partial charge in [-0.1, -0.05) is 24.3 Å². The van der Waals surface area contributed by atoms with Crippen molar-refractivity contribution in [3.63, 3.8) is 0 Å². The molecule has 4 unspecified atom stereocenters. The molecule has 0 spiro atoms. The monoisotopic (exact) mass is 303 g/mol. The van der Waals surface area contributed by atoms with E-state index in [0.717, 1.165) is 12.8 Å². The number of carbonyl (C=O) groups is 2. The summed E-state index contributed by atoms with van der Waals surface area (Å²) in [4.78, 5) is 25.6. The number of thioether (sulfide) groups is 1. The van der Waals surface area contributed by atoms with E-state index in [2.05, 4.69) is 18.2 Å². The summed E-state index contributed by atoms with van der Waals surface area (Å²) >= 11 is 1.54. The maximum Gasteiger partial charge on any atom is 0.327 e. The van der Waals surface area contributed by atoms with Gasteiger partial charge >= 0.3 is 5.97 Å². The average Bonchev–Trinajstić information content (AvgIpc) is 3.02. The SMILES string of the molecule is O=C(O)C1CSCN1C(=O)C1C2CCc3ccccc3C21. The van der Waals surface area contributed by atoms with E-state index in [1.165, 1.54) is 22.9 Å². The first-order chi connectivity index (χ1) is 10.2. The van der Waals surface area contributed by atoms with Gasteiger partial charge < -0.3 is 10.0 Å². The van der Waals surface area contributed by atoms with Crippen LogP contribution in [0.5, 0.6) is 0 Å². The standard InChI is InChI=1S/C16H17NO3S/c18-15(17-8-21-7-12(17)16(19)20)14-11-6-5-9-3-1-2-4-10(9)13(11)14/h1-4,11-14H,5-8H2,(H,19,20). The zero-order chi connectivity index (χ0) is 14.6. The number of carbonyl (C=O) groups excluding carboxylic acids is 1. The van der Waals surface area contributed by atoms with Crippen LogP contribution < -0.4 is 0 Å². The fourth-order valence-electron chi connectivity index (χ4n) is 3.96. The molecule has 5 heteroatoms. The molecule has 110 valence electrons. The van der Waals surface area contributed by atoms with E-state index in [9.17, 15) is 14.7 Å². The Morgan fingerprint density at radius 1 is 1.29 bits per heavy atom. The highest BCUT2D eigenvalue weighted by Gasteiger charge is 2.59. The highest BCUT2D eigenvalue weighted by molar-refractivity contribution is 7.99. The largest absolute Gasteiger partial charge is 0.480 e. The predicted octanol–water partition coefficient (Wildman–Crippen LogP) is 1.95. The summed E-state index contributed by atoms with van der Waals surface area (Å²) in [5.41, 5.74) is 2.67. The summed E-state index contributed by atoms with van der Waals surface area (Å²) in [6.45, 7) is 0. The van der Waals surface area contributed by atoms with E-state index in [0.29, 0.717) is 23.5 Å². The first-order valence-corrected chi connectivity index (χ1v) is 8.53. The van der Waals surface area contributed by atoms with Gasteiger partial charge in [-0.15, -0.1) is 11.8 Å². The minimum absolute atomic E-state index is 0.00852. The number of amides is 1. The van der Waals surface area contributed by atoms with Crippen molar-refractivity contribution in [2.24, 2.45) is 11.8 Å². The summed E-state index contributed by atoms with van der Waals surface area (Å²) in [6.07, 6.45) is 2.09. The second kappa shape index (κ2) is 4.77. The molecule has 21 heavy (non-hydrogen) atoms. The number of aryl methyl sites for hydroxylation is 1. The van der Waals surface area contributed by atoms with E-state index >= 15 is 0 Å². The Morgan fingerprint density at radius 3 is 2.90 bits per heavy atom. The number of carboxylic acid groups (broad SMARTS) is 1. The number of benzene rings is 1. The van der Waals surface area contributed by atoms with Gasteiger partial charge in [-0.2, -0.15) is 0 Å². The molecule has 1 aromatic rings. The maximum atomic E-state index is 12.7. The van der Waals surface area contributed by atoms with Crippen molar-refractivity contribution in [3.8, 4) is 0 Å². The fourth-order valence-corrected chi connectivity index (χ4v) is 5.11. The minimum Gasteiger partial charge on any atom is -0.480 e. The topological polar surface area (TPSA) is 57.6 Å². The number of fused-ring (bicyclic) bond motifs is 3. The molecule has 1 N–H and O–H groups in total. The van der Waals surface area contributed by atoms with Crippen LogP contribution in [0.25, 0.3) is 0 Å². The van der Waals surface area contributed by atoms with E-state index in [1.54, 1.807) is 4.90 Å². The molecule has 4 nitrogen and oxygen atoms in total. The molecule has 4 atom stereocenters. The first kappa shape index (κ1) is 13.2. The molecule has 1 aliphatic heterocycles. The molecule has 4 rings (SSSR count). The van der Waals surface area contributed by atoms with Gasteiger partial charge in [0, 0.05) is 11.7 Å². The van der Waals surface area contributed by atoms with Crippen LogP contribution in [0.4, 0.5) is 0 Å². The van der Waals surface area contributed by atoms with Crippen LogP contribution >= 0.6 is 11.8 Å². The number of nitrogens with zero attached hydrogens (tertiary/aromatic N) is 1. The molecule has 2 fully saturated rings. The molecule has 1 aromatic carbocycles. The molecule has 1 saturated carbocycles. The zero-order valence-electron chi connectivity index (χ0n) is 11.6. The number of rotatable bonds is 2. The van der Waals surface area contributed by atoms with Crippen molar-refractivity contribution in [2.75, 3.05) is 11.6 Å². The van der Waals surface area contributed by atoms with Gasteiger partial charge in [0.2, 0.25) is 5.91 Å². The predicted molar refractivity (Wildman–Crippen MR) is 80.1 cm³/mol. The number of aliphatic carboxylic acids is 1. The van der Waals surface area contributed by atoms with Crippen LogP contribution in [-0.4, -0.2) is 39.6 Å². The summed E-state index contributed by atoms with van der Waals surface area (Å²) in [7, 11) is 0. The van der Waals surface area contributed by atoms with Crippen molar-refractivity contribution in [1.29, 1.82) is 0 Å². The van der Waals surface area contributed by atoms with E-state index < -0.39 is 12.0 Å². The maximum absolute atomic E-state index is 12.7. The molecular formula is C16H17NO3S. The van der Waals surface area contributed by atoms with Gasteiger partial charge in [-0.05, 0) is 35.8 Å². The lowest BCUT2D eigenvalue weighted by molar-refractivity contribution is -0.148. The second-order valence-corrected chi connectivity index (χ2v) is 7.11. The van der Waals surface area contributed by atoms with Crippen LogP contribution in [-0.2, 0) is 16.0 Å². The molecule has 0 aromatic heterocycles. The zero-order valence-corrected chi connectivity index (χ0v) is 12.4. The normalized spacial score (nSPS) is 33.2. The number of carboxylic acids is 1. The Hall–Kier alpha value is -1.49. The molecule has 3 aliphatic rings. The lowest BCUT2D eigenvalue weighted by atomic mass is 9.92. The number of hydrogen-bond donors (Lipinski definition) is 1. The van der Waals surface area contributed by atoms with Gasteiger partial charge in [0.05, 0.1) is 5.88 Å². The molecule has 1 saturated heterocycles. The van der Waals surface area contributed by atoms with Crippen molar-refractivity contribution in [3.05, 3.63) is 35.4 Å². The molecule has 1 amide bonds. The summed E-state index contributed by atoms with van der Waals surface area (Å²) in [5.74, 6) is 0.966. The van der Waals surface area contributed by atoms with Crippen LogP contribution in [0.2, 0.25) is 0 Å². The molecule has 0 bridgehead atoms. The summed E-state index contributed by atoms with van der Waals surface area (Å²) in [6, 6.07) is 7.73. The smallest absolute Gasteiger partial charge is 0.327 e. The number of hydrogen-bond acceptors (Lipinski definition) is 3. The first-order valence-electron chi connectivity index (χ1n) is 7.37. The van der Waals surface area contributed by atoms with Crippen LogP contribution in [0, 0.1) is 11.8 Å². The molecule has 1 heterocycles. The summed E-state index contributed by atoms with van der Waals surface area (Å²) < 4.78 is 0. The van der Waals surface area contributed by atoms with Gasteiger partial charge in [0.15, 0.2) is 0 Å². The van der Waals surface area contributed by atoms with Crippen molar-refractivity contribution >= 4 is 23.6 Å². The average molecular weight is 303 g/mol. The van der Waals surface area contributed by atoms with Gasteiger partial charge in [0.25, 0.3) is 0 Å². The lowest BCUT2D eigenvalue weighted by Crippen LogP contribution is -2.42. The van der Waals surface area contributed by atoms with Crippen molar-refractivity contribution in [1.82, 2.24) is 4.90 Å². The van der Waals surface area contributed by atoms with E-state index in [1.807, 2.05) is 6.07 Å². The Bertz CT molecular complexity index is 617. The Labute approximate surface area is 127 Å². The summed E-state index contributed by atoms with van der Waals surface area (Å²) in [5, 5.41) is 9.24. The van der Waals surface area contributed by atoms with E-state index in [-0.39, 0.29) is 11.8 Å². The quantitative estimate of drug-likeness (QED) is 0.907. The van der Waals surface area contributed by atoms with Crippen molar-refractivity contribution in [2.45, 2.75) is 24.8 Å². The third kappa shape index (κ3) is 1.98. The molecule has 2 aliphatic carbocycles. The van der Waals surface area contributed by atoms with Crippen LogP contribution in [0.1, 0.15) is 23.5 Å². The Kier molecular flexibility index (Phi) is 2.99. The molecule has 0 radical (unpaired) electrons. The third-order valence-electron chi connectivity index (χ3n) is 5.07. The highest BCUT2D eigenvalue weighted by atomic mass is 32.2. The van der Waals surface area contributed by atoms with Gasteiger partial charge in [0.1, 0.15) is 6.04 Å². The van der Waals surface area contributed by atoms with Crippen LogP contribution in [0.3, 0.4) is 0 Å². The second-order valence-electron chi connectivity index (χ2n) is 6.11. The van der Waals surface area contributed by atoms with Crippen molar-refractivity contribution < 1.29 is 14.7 Å². The minimum atomic E-state index is -0.877. The molecular weight excluding hydrogens is 286 g/mol. The van der Waals surface area contributed by atoms with Gasteiger partial charge in [-0.25, -0.2) is 4.79 Å².